The summed E-state index contributed by atoms with van der Waals surface area (Å²) in [6, 6.07) is -0.276. The van der Waals surface area contributed by atoms with E-state index in [0.717, 1.165) is 25.7 Å². The lowest BCUT2D eigenvalue weighted by molar-refractivity contribution is 0.0691. The monoisotopic (exact) mass is 298 g/mol. The van der Waals surface area contributed by atoms with Crippen LogP contribution in [0.4, 0.5) is 4.79 Å². The Balaban J connectivity index is 1.78. The van der Waals surface area contributed by atoms with Gasteiger partial charge in [0, 0.05) is 17.5 Å². The third-order valence-electron chi connectivity index (χ3n) is 3.31. The number of carbonyl (C=O) groups excluding carboxylic acids is 1. The Hall–Kier alpha value is -1.67. The Morgan fingerprint density at radius 2 is 2.20 bits per heavy atom. The number of thiazole rings is 1. The molecule has 0 bridgehead atoms. The Kier molecular flexibility index (Phi) is 4.91. The lowest BCUT2D eigenvalue weighted by Gasteiger charge is -2.29. The molecular weight excluding hydrogens is 280 g/mol. The second-order valence-electron chi connectivity index (χ2n) is 4.81. The summed E-state index contributed by atoms with van der Waals surface area (Å²) in [5, 5.41) is 16.3. The van der Waals surface area contributed by atoms with Crippen molar-refractivity contribution in [3.63, 3.8) is 0 Å². The fraction of sp³-hybridized carbons (Fsp3) is 0.583. The maximum atomic E-state index is 11.8. The van der Waals surface area contributed by atoms with Crippen LogP contribution in [-0.4, -0.2) is 34.2 Å². The predicted octanol–water partition coefficient (Wildman–Crippen LogP) is 0.910. The van der Waals surface area contributed by atoms with Crippen molar-refractivity contribution in [2.75, 3.05) is 0 Å². The van der Waals surface area contributed by atoms with Crippen LogP contribution < -0.4 is 16.4 Å². The number of nitrogens with two attached hydrogens (primary N) is 1. The van der Waals surface area contributed by atoms with Crippen LogP contribution in [-0.2, 0) is 6.54 Å². The van der Waals surface area contributed by atoms with E-state index in [4.69, 9.17) is 10.8 Å². The molecule has 20 heavy (non-hydrogen) atoms. The van der Waals surface area contributed by atoms with Crippen LogP contribution in [0, 0.1) is 0 Å². The van der Waals surface area contributed by atoms with E-state index in [-0.39, 0.29) is 30.4 Å². The first-order valence-corrected chi connectivity index (χ1v) is 7.42. The number of aromatic carboxylic acids is 1. The summed E-state index contributed by atoms with van der Waals surface area (Å²) in [5.41, 5.74) is 5.95. The molecule has 0 radical (unpaired) electrons. The molecule has 0 spiro atoms. The van der Waals surface area contributed by atoms with Crippen LogP contribution in [0.5, 0.6) is 0 Å². The van der Waals surface area contributed by atoms with Gasteiger partial charge in [-0.1, -0.05) is 12.8 Å². The van der Waals surface area contributed by atoms with E-state index in [1.54, 1.807) is 0 Å². The molecule has 5 N–H and O–H groups in total. The number of nitrogens with zero attached hydrogens (tertiary/aromatic N) is 1. The first-order chi connectivity index (χ1) is 9.56. The minimum Gasteiger partial charge on any atom is -0.476 e. The van der Waals surface area contributed by atoms with Crippen molar-refractivity contribution >= 4 is 23.3 Å². The van der Waals surface area contributed by atoms with Crippen molar-refractivity contribution in [2.45, 2.75) is 44.3 Å². The predicted molar refractivity (Wildman–Crippen MR) is 74.7 cm³/mol. The van der Waals surface area contributed by atoms with Crippen LogP contribution in [0.2, 0.25) is 0 Å². The fourth-order valence-electron chi connectivity index (χ4n) is 2.20. The SMILES string of the molecule is NC1CCCCC1NC(=O)NCc1nc(C(=O)O)cs1. The zero-order chi connectivity index (χ0) is 14.5. The number of carboxylic acid groups (broad SMARTS) is 1. The average Bonchev–Trinajstić information content (AvgIpc) is 2.88. The summed E-state index contributed by atoms with van der Waals surface area (Å²) in [6.45, 7) is 0.214. The highest BCUT2D eigenvalue weighted by molar-refractivity contribution is 7.09. The Morgan fingerprint density at radius 1 is 1.45 bits per heavy atom. The van der Waals surface area contributed by atoms with Gasteiger partial charge < -0.3 is 21.5 Å². The Bertz CT molecular complexity index is 491. The van der Waals surface area contributed by atoms with E-state index in [1.807, 2.05) is 0 Å². The van der Waals surface area contributed by atoms with Gasteiger partial charge in [-0.25, -0.2) is 14.6 Å². The van der Waals surface area contributed by atoms with Crippen LogP contribution in [0.25, 0.3) is 0 Å². The zero-order valence-corrected chi connectivity index (χ0v) is 11.8. The Labute approximate surface area is 120 Å². The molecule has 2 unspecified atom stereocenters. The quantitative estimate of drug-likeness (QED) is 0.659. The van der Waals surface area contributed by atoms with Crippen molar-refractivity contribution < 1.29 is 14.7 Å². The first kappa shape index (κ1) is 14.7. The van der Waals surface area contributed by atoms with Gasteiger partial charge in [0.2, 0.25) is 0 Å². The van der Waals surface area contributed by atoms with E-state index in [0.29, 0.717) is 5.01 Å². The summed E-state index contributed by atoms with van der Waals surface area (Å²) < 4.78 is 0. The highest BCUT2D eigenvalue weighted by atomic mass is 32.1. The summed E-state index contributed by atoms with van der Waals surface area (Å²) in [7, 11) is 0. The average molecular weight is 298 g/mol. The van der Waals surface area contributed by atoms with Crippen LogP contribution in [0.15, 0.2) is 5.38 Å². The third-order valence-corrected chi connectivity index (χ3v) is 4.16. The minimum absolute atomic E-state index is 0.00140. The molecule has 2 atom stereocenters. The molecule has 1 aliphatic carbocycles. The van der Waals surface area contributed by atoms with Gasteiger partial charge in [0.05, 0.1) is 6.54 Å². The van der Waals surface area contributed by atoms with Crippen LogP contribution in [0.1, 0.15) is 41.2 Å². The van der Waals surface area contributed by atoms with Crippen molar-refractivity contribution in [3.05, 3.63) is 16.1 Å². The molecule has 1 fully saturated rings. The lowest BCUT2D eigenvalue weighted by Crippen LogP contribution is -2.52. The van der Waals surface area contributed by atoms with E-state index in [2.05, 4.69) is 15.6 Å². The molecular formula is C12H18N4O3S. The van der Waals surface area contributed by atoms with Gasteiger partial charge in [0.15, 0.2) is 5.69 Å². The number of hydrogen-bond acceptors (Lipinski definition) is 5. The van der Waals surface area contributed by atoms with Crippen molar-refractivity contribution in [3.8, 4) is 0 Å². The first-order valence-electron chi connectivity index (χ1n) is 6.54. The molecule has 0 aromatic carbocycles. The van der Waals surface area contributed by atoms with Gasteiger partial charge in [-0.05, 0) is 12.8 Å². The topological polar surface area (TPSA) is 117 Å². The normalized spacial score (nSPS) is 22.2. The number of aromatic nitrogens is 1. The smallest absolute Gasteiger partial charge is 0.355 e. The molecule has 1 aromatic rings. The number of amides is 2. The molecule has 0 saturated heterocycles. The summed E-state index contributed by atoms with van der Waals surface area (Å²) in [4.78, 5) is 26.3. The number of hydrogen-bond donors (Lipinski definition) is 4. The van der Waals surface area contributed by atoms with Gasteiger partial charge in [0.25, 0.3) is 0 Å². The van der Waals surface area contributed by atoms with E-state index in [9.17, 15) is 9.59 Å². The highest BCUT2D eigenvalue weighted by Crippen LogP contribution is 2.16. The van der Waals surface area contributed by atoms with Crippen molar-refractivity contribution in [2.24, 2.45) is 5.73 Å². The van der Waals surface area contributed by atoms with Gasteiger partial charge in [0.1, 0.15) is 5.01 Å². The molecule has 1 saturated carbocycles. The Morgan fingerprint density at radius 3 is 2.85 bits per heavy atom. The van der Waals surface area contributed by atoms with E-state index < -0.39 is 5.97 Å². The summed E-state index contributed by atoms with van der Waals surface area (Å²) >= 11 is 1.21. The number of carboxylic acids is 1. The van der Waals surface area contributed by atoms with Crippen LogP contribution in [0.3, 0.4) is 0 Å². The van der Waals surface area contributed by atoms with Crippen molar-refractivity contribution in [1.29, 1.82) is 0 Å². The van der Waals surface area contributed by atoms with Crippen molar-refractivity contribution in [1.82, 2.24) is 15.6 Å². The second-order valence-corrected chi connectivity index (χ2v) is 5.76. The summed E-state index contributed by atoms with van der Waals surface area (Å²) in [5.74, 6) is -1.06. The fourth-order valence-corrected chi connectivity index (χ4v) is 2.91. The zero-order valence-electron chi connectivity index (χ0n) is 11.0. The molecule has 7 nitrogen and oxygen atoms in total. The number of carbonyl (C=O) groups is 2. The minimum atomic E-state index is -1.06. The van der Waals surface area contributed by atoms with Gasteiger partial charge in [-0.3, -0.25) is 0 Å². The van der Waals surface area contributed by atoms with Crippen LogP contribution >= 0.6 is 11.3 Å². The van der Waals surface area contributed by atoms with E-state index >= 15 is 0 Å². The molecule has 1 aliphatic rings. The largest absolute Gasteiger partial charge is 0.476 e. The van der Waals surface area contributed by atoms with E-state index in [1.165, 1.54) is 16.7 Å². The number of rotatable bonds is 4. The molecule has 8 heteroatoms. The second kappa shape index (κ2) is 6.67. The maximum absolute atomic E-state index is 11.8. The molecule has 110 valence electrons. The van der Waals surface area contributed by atoms with Gasteiger partial charge >= 0.3 is 12.0 Å². The molecule has 0 aliphatic heterocycles. The standard InChI is InChI=1S/C12H18N4O3S/c13-7-3-1-2-4-8(7)16-12(19)14-5-10-15-9(6-20-10)11(17)18/h6-8H,1-5,13H2,(H,17,18)(H2,14,16,19). The lowest BCUT2D eigenvalue weighted by atomic mass is 9.91. The van der Waals surface area contributed by atoms with Gasteiger partial charge in [-0.2, -0.15) is 0 Å². The molecule has 1 aromatic heterocycles. The molecule has 2 amide bonds. The highest BCUT2D eigenvalue weighted by Gasteiger charge is 2.23. The maximum Gasteiger partial charge on any atom is 0.355 e. The third kappa shape index (κ3) is 3.91. The van der Waals surface area contributed by atoms with Gasteiger partial charge in [-0.15, -0.1) is 11.3 Å². The number of nitrogens with one attached hydrogen (secondary N) is 2. The number of urea groups is 1. The molecule has 1 heterocycles. The molecule has 2 rings (SSSR count). The summed E-state index contributed by atoms with van der Waals surface area (Å²) in [6.07, 6.45) is 4.01.